The minimum Gasteiger partial charge on any atom is -0.395 e. The van der Waals surface area contributed by atoms with Gasteiger partial charge in [0.25, 0.3) is 0 Å². The van der Waals surface area contributed by atoms with Crippen molar-refractivity contribution in [1.29, 1.82) is 0 Å². The highest BCUT2D eigenvalue weighted by Gasteiger charge is 2.51. The van der Waals surface area contributed by atoms with Gasteiger partial charge >= 0.3 is 0 Å². The molecule has 0 bridgehead atoms. The fraction of sp³-hybridized carbons (Fsp3) is 0.381. The van der Waals surface area contributed by atoms with E-state index in [2.05, 4.69) is 29.2 Å². The van der Waals surface area contributed by atoms with Crippen LogP contribution in [0.3, 0.4) is 0 Å². The summed E-state index contributed by atoms with van der Waals surface area (Å²) in [6.45, 7) is 2.31. The van der Waals surface area contributed by atoms with Gasteiger partial charge in [0.05, 0.1) is 12.6 Å². The van der Waals surface area contributed by atoms with Crippen molar-refractivity contribution in [3.05, 3.63) is 71.8 Å². The second kappa shape index (κ2) is 6.98. The second-order valence-corrected chi connectivity index (χ2v) is 7.14. The summed E-state index contributed by atoms with van der Waals surface area (Å²) >= 11 is 0. The van der Waals surface area contributed by atoms with Crippen molar-refractivity contribution in [3.63, 3.8) is 0 Å². The lowest BCUT2D eigenvalue weighted by Crippen LogP contribution is -2.44. The summed E-state index contributed by atoms with van der Waals surface area (Å²) in [6.07, 6.45) is 0.894. The average molecular weight is 336 g/mol. The molecule has 2 aliphatic heterocycles. The maximum absolute atomic E-state index is 13.1. The molecule has 4 nitrogen and oxygen atoms in total. The molecule has 2 aliphatic rings. The number of aliphatic hydroxyl groups is 1. The monoisotopic (exact) mass is 336 g/mol. The van der Waals surface area contributed by atoms with Gasteiger partial charge in [-0.3, -0.25) is 9.69 Å². The number of benzene rings is 2. The number of fused-ring (bicyclic) bond motifs is 1. The Morgan fingerprint density at radius 1 is 0.920 bits per heavy atom. The number of nitrogens with zero attached hydrogens (tertiary/aromatic N) is 2. The number of hydrogen-bond acceptors (Lipinski definition) is 3. The lowest BCUT2D eigenvalue weighted by atomic mass is 10.0. The first-order valence-corrected chi connectivity index (χ1v) is 8.99. The zero-order valence-corrected chi connectivity index (χ0v) is 14.3. The second-order valence-electron chi connectivity index (χ2n) is 7.14. The molecular weight excluding hydrogens is 312 g/mol. The van der Waals surface area contributed by atoms with E-state index in [0.717, 1.165) is 19.5 Å². The van der Waals surface area contributed by atoms with Crippen molar-refractivity contribution in [1.82, 2.24) is 9.80 Å². The molecule has 0 aromatic heterocycles. The van der Waals surface area contributed by atoms with Crippen molar-refractivity contribution in [2.45, 2.75) is 31.6 Å². The van der Waals surface area contributed by atoms with Gasteiger partial charge in [-0.05, 0) is 17.5 Å². The van der Waals surface area contributed by atoms with Crippen LogP contribution in [0.15, 0.2) is 60.7 Å². The largest absolute Gasteiger partial charge is 0.395 e. The molecular formula is C21H24N2O2. The number of hydrogen-bond donors (Lipinski definition) is 1. The first-order chi connectivity index (χ1) is 12.3. The van der Waals surface area contributed by atoms with Gasteiger partial charge in [-0.25, -0.2) is 0 Å². The molecule has 0 aliphatic carbocycles. The molecule has 2 aromatic rings. The Hall–Kier alpha value is -2.17. The predicted molar refractivity (Wildman–Crippen MR) is 96.6 cm³/mol. The fourth-order valence-electron chi connectivity index (χ4n) is 4.34. The van der Waals surface area contributed by atoms with Gasteiger partial charge in [0.15, 0.2) is 0 Å². The normalized spacial score (nSPS) is 26.2. The summed E-state index contributed by atoms with van der Waals surface area (Å²) in [5.41, 5.74) is 2.36. The Bertz CT molecular complexity index is 719. The smallest absolute Gasteiger partial charge is 0.240 e. The Balaban J connectivity index is 1.51. The number of amides is 1. The fourth-order valence-corrected chi connectivity index (χ4v) is 4.34. The number of carbonyl (C=O) groups excluding carboxylic acids is 1. The Morgan fingerprint density at radius 3 is 2.12 bits per heavy atom. The van der Waals surface area contributed by atoms with Crippen molar-refractivity contribution in [3.8, 4) is 0 Å². The van der Waals surface area contributed by atoms with E-state index >= 15 is 0 Å². The third-order valence-electron chi connectivity index (χ3n) is 5.50. The van der Waals surface area contributed by atoms with Gasteiger partial charge in [-0.15, -0.1) is 0 Å². The van der Waals surface area contributed by atoms with Crippen LogP contribution < -0.4 is 0 Å². The molecule has 2 saturated heterocycles. The van der Waals surface area contributed by atoms with Crippen LogP contribution in [0.2, 0.25) is 0 Å². The van der Waals surface area contributed by atoms with E-state index in [-0.39, 0.29) is 24.6 Å². The molecule has 1 amide bonds. The van der Waals surface area contributed by atoms with Crippen molar-refractivity contribution < 1.29 is 9.90 Å². The van der Waals surface area contributed by atoms with E-state index in [0.29, 0.717) is 12.5 Å². The Morgan fingerprint density at radius 2 is 1.52 bits per heavy atom. The van der Waals surface area contributed by atoms with E-state index in [1.165, 1.54) is 11.1 Å². The van der Waals surface area contributed by atoms with Crippen molar-refractivity contribution in [2.75, 3.05) is 13.2 Å². The topological polar surface area (TPSA) is 43.8 Å². The SMILES string of the molecule is O=C1[C@@H]2[C@@H](C[C@@H](CO)N2Cc2ccccc2)CN1Cc1ccccc1. The van der Waals surface area contributed by atoms with Crippen molar-refractivity contribution >= 4 is 5.91 Å². The Kier molecular flexibility index (Phi) is 4.55. The van der Waals surface area contributed by atoms with Gasteiger partial charge in [0.1, 0.15) is 0 Å². The molecule has 0 radical (unpaired) electrons. The first kappa shape index (κ1) is 16.3. The minimum atomic E-state index is -0.0962. The van der Waals surface area contributed by atoms with Gasteiger partial charge in [-0.1, -0.05) is 60.7 Å². The van der Waals surface area contributed by atoms with Gasteiger partial charge < -0.3 is 10.0 Å². The molecule has 2 aromatic carbocycles. The molecule has 1 N–H and O–H groups in total. The summed E-state index contributed by atoms with van der Waals surface area (Å²) < 4.78 is 0. The van der Waals surface area contributed by atoms with Crippen LogP contribution in [0.25, 0.3) is 0 Å². The molecule has 0 saturated carbocycles. The minimum absolute atomic E-state index is 0.0815. The highest BCUT2D eigenvalue weighted by molar-refractivity contribution is 5.85. The van der Waals surface area contributed by atoms with E-state index in [4.69, 9.17) is 0 Å². The lowest BCUT2D eigenvalue weighted by molar-refractivity contribution is -0.133. The van der Waals surface area contributed by atoms with Crippen LogP contribution in [0.1, 0.15) is 17.5 Å². The van der Waals surface area contributed by atoms with E-state index in [9.17, 15) is 9.90 Å². The van der Waals surface area contributed by atoms with Gasteiger partial charge in [-0.2, -0.15) is 0 Å². The predicted octanol–water partition coefficient (Wildman–Crippen LogP) is 2.28. The lowest BCUT2D eigenvalue weighted by Gasteiger charge is -2.29. The average Bonchev–Trinajstić information content (AvgIpc) is 3.14. The van der Waals surface area contributed by atoms with Crippen LogP contribution >= 0.6 is 0 Å². The van der Waals surface area contributed by atoms with Crippen LogP contribution in [0.4, 0.5) is 0 Å². The molecule has 2 heterocycles. The number of carbonyl (C=O) groups is 1. The van der Waals surface area contributed by atoms with E-state index in [1.54, 1.807) is 0 Å². The van der Waals surface area contributed by atoms with Crippen molar-refractivity contribution in [2.24, 2.45) is 5.92 Å². The highest BCUT2D eigenvalue weighted by Crippen LogP contribution is 2.38. The van der Waals surface area contributed by atoms with Crippen LogP contribution in [-0.2, 0) is 17.9 Å². The zero-order valence-electron chi connectivity index (χ0n) is 14.3. The molecule has 0 unspecified atom stereocenters. The molecule has 2 fully saturated rings. The molecule has 4 heteroatoms. The molecule has 4 rings (SSSR count). The van der Waals surface area contributed by atoms with Crippen LogP contribution in [0.5, 0.6) is 0 Å². The summed E-state index contributed by atoms with van der Waals surface area (Å²) in [6, 6.07) is 20.4. The molecule has 3 atom stereocenters. The quantitative estimate of drug-likeness (QED) is 0.911. The summed E-state index contributed by atoms with van der Waals surface area (Å²) in [5.74, 6) is 0.526. The number of aliphatic hydroxyl groups excluding tert-OH is 1. The first-order valence-electron chi connectivity index (χ1n) is 8.99. The van der Waals surface area contributed by atoms with Crippen LogP contribution in [0, 0.1) is 5.92 Å². The number of rotatable bonds is 5. The Labute approximate surface area is 148 Å². The van der Waals surface area contributed by atoms with Gasteiger partial charge in [0, 0.05) is 31.6 Å². The zero-order chi connectivity index (χ0) is 17.2. The third-order valence-corrected chi connectivity index (χ3v) is 5.50. The summed E-state index contributed by atoms with van der Waals surface area (Å²) in [4.78, 5) is 17.3. The summed E-state index contributed by atoms with van der Waals surface area (Å²) in [7, 11) is 0. The number of likely N-dealkylation sites (tertiary alicyclic amines) is 2. The highest BCUT2D eigenvalue weighted by atomic mass is 16.3. The third kappa shape index (κ3) is 3.20. The molecule has 130 valence electrons. The van der Waals surface area contributed by atoms with E-state index < -0.39 is 0 Å². The molecule has 0 spiro atoms. The van der Waals surface area contributed by atoms with E-state index in [1.807, 2.05) is 41.3 Å². The van der Waals surface area contributed by atoms with Gasteiger partial charge in [0.2, 0.25) is 5.91 Å². The standard InChI is InChI=1S/C21H24N2O2/c24-15-19-11-18-14-22(12-16-7-3-1-4-8-16)21(25)20(18)23(19)13-17-9-5-2-6-10-17/h1-10,18-20,24H,11-15H2/t18-,19-,20-/m0/s1. The maximum atomic E-state index is 13.1. The van der Waals surface area contributed by atoms with Crippen LogP contribution in [-0.4, -0.2) is 46.0 Å². The summed E-state index contributed by atoms with van der Waals surface area (Å²) in [5, 5.41) is 9.79. The molecule has 25 heavy (non-hydrogen) atoms. The maximum Gasteiger partial charge on any atom is 0.240 e.